The number of aromatic nitrogens is 1. The summed E-state index contributed by atoms with van der Waals surface area (Å²) >= 11 is 7.94. The lowest BCUT2D eigenvalue weighted by Gasteiger charge is -2.11. The van der Waals surface area contributed by atoms with Crippen molar-refractivity contribution in [3.8, 4) is 0 Å². The maximum absolute atomic E-state index is 6.17. The van der Waals surface area contributed by atoms with Crippen LogP contribution in [-0.4, -0.2) is 31.1 Å². The second-order valence-electron chi connectivity index (χ2n) is 5.62. The Kier molecular flexibility index (Phi) is 10.4. The van der Waals surface area contributed by atoms with Crippen LogP contribution in [0.5, 0.6) is 0 Å². The number of halogens is 2. The van der Waals surface area contributed by atoms with Crippen LogP contribution in [0.1, 0.15) is 27.6 Å². The van der Waals surface area contributed by atoms with Crippen molar-refractivity contribution in [2.45, 2.75) is 33.1 Å². The van der Waals surface area contributed by atoms with E-state index in [4.69, 9.17) is 11.6 Å². The highest BCUT2D eigenvalue weighted by Crippen LogP contribution is 2.17. The first kappa shape index (κ1) is 22.2. The summed E-state index contributed by atoms with van der Waals surface area (Å²) in [5.74, 6) is 0.833. The van der Waals surface area contributed by atoms with Crippen molar-refractivity contribution in [2.24, 2.45) is 4.99 Å². The monoisotopic (exact) mass is 492 g/mol. The summed E-state index contributed by atoms with van der Waals surface area (Å²) in [7, 11) is 1.79. The van der Waals surface area contributed by atoms with Gasteiger partial charge in [-0.2, -0.15) is 0 Å². The molecular formula is C18H26ClIN4S. The van der Waals surface area contributed by atoms with E-state index in [1.165, 1.54) is 15.4 Å². The molecule has 1 aromatic heterocycles. The van der Waals surface area contributed by atoms with Gasteiger partial charge in [-0.15, -0.1) is 35.3 Å². The molecule has 0 unspecified atom stereocenters. The summed E-state index contributed by atoms with van der Waals surface area (Å²) in [5, 5.41) is 8.69. The van der Waals surface area contributed by atoms with Gasteiger partial charge in [0.1, 0.15) is 0 Å². The van der Waals surface area contributed by atoms with Crippen molar-refractivity contribution < 1.29 is 0 Å². The summed E-state index contributed by atoms with van der Waals surface area (Å²) in [6.45, 7) is 5.86. The third-order valence-electron chi connectivity index (χ3n) is 3.80. The van der Waals surface area contributed by atoms with E-state index in [2.05, 4.69) is 40.5 Å². The summed E-state index contributed by atoms with van der Waals surface area (Å²) in [5.41, 5.74) is 2.33. The maximum atomic E-state index is 6.17. The average Bonchev–Trinajstić information content (AvgIpc) is 2.89. The number of guanidine groups is 1. The minimum Gasteiger partial charge on any atom is -0.356 e. The van der Waals surface area contributed by atoms with E-state index >= 15 is 0 Å². The van der Waals surface area contributed by atoms with Gasteiger partial charge in [0.15, 0.2) is 5.96 Å². The molecule has 0 spiro atoms. The molecule has 0 aliphatic carbocycles. The molecule has 7 heteroatoms. The normalized spacial score (nSPS) is 11.1. The fourth-order valence-electron chi connectivity index (χ4n) is 2.34. The number of hydrogen-bond donors (Lipinski definition) is 2. The fraction of sp³-hybridized carbons (Fsp3) is 0.444. The molecule has 1 aromatic carbocycles. The molecule has 0 aliphatic rings. The third-order valence-corrected chi connectivity index (χ3v) is 5.30. The Morgan fingerprint density at radius 2 is 1.88 bits per heavy atom. The molecule has 25 heavy (non-hydrogen) atoms. The third kappa shape index (κ3) is 7.50. The molecule has 2 rings (SSSR count). The van der Waals surface area contributed by atoms with Gasteiger partial charge in [0, 0.05) is 36.5 Å². The highest BCUT2D eigenvalue weighted by atomic mass is 127. The van der Waals surface area contributed by atoms with E-state index in [1.807, 2.05) is 18.2 Å². The fourth-order valence-corrected chi connectivity index (χ4v) is 3.51. The van der Waals surface area contributed by atoms with E-state index in [0.29, 0.717) is 0 Å². The van der Waals surface area contributed by atoms with Gasteiger partial charge in [-0.1, -0.05) is 29.8 Å². The predicted molar refractivity (Wildman–Crippen MR) is 120 cm³/mol. The van der Waals surface area contributed by atoms with Crippen LogP contribution in [0.4, 0.5) is 0 Å². The van der Waals surface area contributed by atoms with E-state index in [9.17, 15) is 0 Å². The van der Waals surface area contributed by atoms with Gasteiger partial charge in [-0.3, -0.25) is 4.99 Å². The number of benzene rings is 1. The summed E-state index contributed by atoms with van der Waals surface area (Å²) < 4.78 is 0. The minimum atomic E-state index is 0. The zero-order valence-corrected chi connectivity index (χ0v) is 18.8. The number of nitrogens with zero attached hydrogens (tertiary/aromatic N) is 2. The lowest BCUT2D eigenvalue weighted by molar-refractivity contribution is 0.738. The van der Waals surface area contributed by atoms with Crippen LogP contribution < -0.4 is 10.6 Å². The Morgan fingerprint density at radius 1 is 1.16 bits per heavy atom. The number of hydrogen-bond acceptors (Lipinski definition) is 3. The summed E-state index contributed by atoms with van der Waals surface area (Å²) in [6, 6.07) is 8.00. The van der Waals surface area contributed by atoms with Crippen molar-refractivity contribution in [1.29, 1.82) is 0 Å². The van der Waals surface area contributed by atoms with Crippen molar-refractivity contribution in [3.05, 3.63) is 50.4 Å². The Bertz CT molecular complexity index is 668. The largest absolute Gasteiger partial charge is 0.356 e. The first-order valence-electron chi connectivity index (χ1n) is 8.21. The van der Waals surface area contributed by atoms with E-state index in [-0.39, 0.29) is 24.0 Å². The smallest absolute Gasteiger partial charge is 0.190 e. The van der Waals surface area contributed by atoms with E-state index < -0.39 is 0 Å². The average molecular weight is 493 g/mol. The zero-order valence-electron chi connectivity index (χ0n) is 14.9. The molecule has 2 aromatic rings. The first-order valence-corrected chi connectivity index (χ1v) is 9.40. The maximum Gasteiger partial charge on any atom is 0.190 e. The lowest BCUT2D eigenvalue weighted by Crippen LogP contribution is -2.38. The quantitative estimate of drug-likeness (QED) is 0.261. The van der Waals surface area contributed by atoms with Crippen molar-refractivity contribution in [3.63, 3.8) is 0 Å². The van der Waals surface area contributed by atoms with Crippen LogP contribution in [0.25, 0.3) is 0 Å². The van der Waals surface area contributed by atoms with Gasteiger partial charge in [0.25, 0.3) is 0 Å². The van der Waals surface area contributed by atoms with Crippen LogP contribution in [0.2, 0.25) is 5.02 Å². The van der Waals surface area contributed by atoms with Crippen molar-refractivity contribution in [2.75, 3.05) is 20.1 Å². The second-order valence-corrected chi connectivity index (χ2v) is 7.31. The molecule has 0 fully saturated rings. The molecule has 1 heterocycles. The zero-order chi connectivity index (χ0) is 17.4. The molecule has 0 bridgehead atoms. The second kappa shape index (κ2) is 11.7. The van der Waals surface area contributed by atoms with Crippen molar-refractivity contribution in [1.82, 2.24) is 15.6 Å². The molecule has 0 saturated carbocycles. The molecule has 138 valence electrons. The highest BCUT2D eigenvalue weighted by Gasteiger charge is 2.04. The van der Waals surface area contributed by atoms with Gasteiger partial charge in [0.05, 0.1) is 10.7 Å². The first-order chi connectivity index (χ1) is 11.6. The molecule has 2 N–H and O–H groups in total. The van der Waals surface area contributed by atoms with Gasteiger partial charge in [-0.25, -0.2) is 4.98 Å². The molecule has 0 amide bonds. The summed E-state index contributed by atoms with van der Waals surface area (Å²) in [6.07, 6.45) is 2.89. The highest BCUT2D eigenvalue weighted by molar-refractivity contribution is 14.0. The van der Waals surface area contributed by atoms with Crippen molar-refractivity contribution >= 4 is 52.9 Å². The van der Waals surface area contributed by atoms with Gasteiger partial charge in [-0.05, 0) is 38.3 Å². The Hall–Kier alpha value is -0.860. The molecule has 0 saturated heterocycles. The number of thiazole rings is 1. The standard InChI is InChI=1S/C18H25ClN4S.HI/c1-13-14(2)24-17(23-13)10-12-22-18(20-3)21-11-6-8-15-7-4-5-9-16(15)19;/h4-5,7,9H,6,8,10-12H2,1-3H3,(H2,20,21,22);1H. The number of aryl methyl sites for hydroxylation is 3. The number of rotatable bonds is 7. The lowest BCUT2D eigenvalue weighted by atomic mass is 10.1. The van der Waals surface area contributed by atoms with Gasteiger partial charge < -0.3 is 10.6 Å². The Morgan fingerprint density at radius 3 is 2.52 bits per heavy atom. The number of nitrogens with one attached hydrogen (secondary N) is 2. The molecule has 0 aliphatic heterocycles. The van der Waals surface area contributed by atoms with Crippen LogP contribution in [0.3, 0.4) is 0 Å². The SMILES string of the molecule is CN=C(NCCCc1ccccc1Cl)NCCc1nc(C)c(C)s1.I. The minimum absolute atomic E-state index is 0. The Labute approximate surface area is 176 Å². The van der Waals surface area contributed by atoms with Gasteiger partial charge >= 0.3 is 0 Å². The van der Waals surface area contributed by atoms with E-state index in [0.717, 1.165) is 49.0 Å². The topological polar surface area (TPSA) is 49.3 Å². The predicted octanol–water partition coefficient (Wildman–Crippen LogP) is 4.37. The number of aliphatic imine (C=N–C) groups is 1. The molecule has 4 nitrogen and oxygen atoms in total. The summed E-state index contributed by atoms with van der Waals surface area (Å²) in [4.78, 5) is 10.1. The van der Waals surface area contributed by atoms with Crippen LogP contribution in [-0.2, 0) is 12.8 Å². The van der Waals surface area contributed by atoms with Gasteiger partial charge in [0.2, 0.25) is 0 Å². The van der Waals surface area contributed by atoms with Crippen LogP contribution in [0.15, 0.2) is 29.3 Å². The Balaban J connectivity index is 0.00000312. The molecular weight excluding hydrogens is 467 g/mol. The van der Waals surface area contributed by atoms with E-state index in [1.54, 1.807) is 18.4 Å². The molecule has 0 atom stereocenters. The van der Waals surface area contributed by atoms with Crippen LogP contribution >= 0.6 is 46.9 Å². The van der Waals surface area contributed by atoms with Crippen LogP contribution in [0, 0.1) is 13.8 Å². The molecule has 0 radical (unpaired) electrons.